The molecule has 0 spiro atoms. The van der Waals surface area contributed by atoms with Crippen LogP contribution in [0.2, 0.25) is 0 Å². The molecule has 2 amide bonds. The molecule has 3 aromatic rings. The van der Waals surface area contributed by atoms with Crippen LogP contribution in [0.25, 0.3) is 11.1 Å². The third-order valence-electron chi connectivity index (χ3n) is 7.08. The van der Waals surface area contributed by atoms with Crippen molar-refractivity contribution < 1.29 is 18.8 Å². The van der Waals surface area contributed by atoms with Crippen molar-refractivity contribution in [2.75, 3.05) is 9.66 Å². The molecule has 9 heteroatoms. The second-order valence-electron chi connectivity index (χ2n) is 9.43. The lowest BCUT2D eigenvalue weighted by Gasteiger charge is -2.40. The van der Waals surface area contributed by atoms with E-state index in [1.807, 2.05) is 60.9 Å². The number of piperidine rings is 1. The monoisotopic (exact) mass is 620 g/mol. The average Bonchev–Trinajstić information content (AvgIpc) is 3.56. The highest BCUT2D eigenvalue weighted by Gasteiger charge is 2.48. The molecule has 1 atom stereocenters. The second-order valence-corrected chi connectivity index (χ2v) is 11.5. The van der Waals surface area contributed by atoms with Gasteiger partial charge < -0.3 is 10.2 Å². The summed E-state index contributed by atoms with van der Waals surface area (Å²) in [6.07, 6.45) is 3.68. The quantitative estimate of drug-likeness (QED) is 0.237. The van der Waals surface area contributed by atoms with Gasteiger partial charge in [0, 0.05) is 30.3 Å². The summed E-state index contributed by atoms with van der Waals surface area (Å²) in [5.74, 6) is -1.54. The molecule has 0 aliphatic carbocycles. The summed E-state index contributed by atoms with van der Waals surface area (Å²) in [5, 5.41) is 2.86. The van der Waals surface area contributed by atoms with Gasteiger partial charge in [0.05, 0.1) is 18.4 Å². The molecule has 3 heterocycles. The van der Waals surface area contributed by atoms with Gasteiger partial charge in [-0.15, -0.1) is 0 Å². The Bertz CT molecular complexity index is 1550. The van der Waals surface area contributed by atoms with Gasteiger partial charge in [-0.3, -0.25) is 17.5 Å². The maximum atomic E-state index is 13.8. The number of carbonyl (C=O) groups excluding carboxylic acids is 3. The number of ketones is 1. The molecule has 3 aliphatic heterocycles. The minimum absolute atomic E-state index is 0.0640. The standard InChI is InChI=1S/C29H22FIN4O3/c1-18-14-26(36)29(33-27(18)37,17-34-16-21-4-9-23(30)15-25(21)28(34)38)22-7-2-19(3-8-22)20-5-10-24(11-6-20)35-13-12-32-31-35/h2-13,15H,1,14,16-17H2,(H,33,37)/t29-/m0/s1. The summed E-state index contributed by atoms with van der Waals surface area (Å²) < 4.78 is 20.2. The third-order valence-corrected chi connectivity index (χ3v) is 9.00. The molecule has 38 heavy (non-hydrogen) atoms. The number of hydrogen-bond acceptors (Lipinski definition) is 5. The summed E-state index contributed by atoms with van der Waals surface area (Å²) >= 11 is -0.396. The summed E-state index contributed by atoms with van der Waals surface area (Å²) in [6.45, 7) is 3.88. The van der Waals surface area contributed by atoms with E-state index < -0.39 is 38.6 Å². The zero-order valence-corrected chi connectivity index (χ0v) is 22.3. The van der Waals surface area contributed by atoms with E-state index in [-0.39, 0.29) is 42.3 Å². The zero-order chi connectivity index (χ0) is 26.4. The van der Waals surface area contributed by atoms with Gasteiger partial charge in [-0.1, -0.05) is 49.0 Å². The van der Waals surface area contributed by atoms with Crippen molar-refractivity contribution in [3.8, 4) is 11.1 Å². The van der Waals surface area contributed by atoms with E-state index in [4.69, 9.17) is 0 Å². The molecular weight excluding hydrogens is 598 g/mol. The first kappa shape index (κ1) is 24.4. The number of benzene rings is 3. The summed E-state index contributed by atoms with van der Waals surface area (Å²) in [5.41, 5.74) is 3.32. The molecule has 0 radical (unpaired) electrons. The molecule has 1 fully saturated rings. The van der Waals surface area contributed by atoms with Crippen molar-refractivity contribution in [2.24, 2.45) is 3.15 Å². The number of halogens is 2. The van der Waals surface area contributed by atoms with Gasteiger partial charge in [0.25, 0.3) is 5.91 Å². The minimum Gasteiger partial charge on any atom is -0.334 e. The predicted molar refractivity (Wildman–Crippen MR) is 150 cm³/mol. The summed E-state index contributed by atoms with van der Waals surface area (Å²) in [7, 11) is 0. The third kappa shape index (κ3) is 4.16. The first-order chi connectivity index (χ1) is 18.3. The van der Waals surface area contributed by atoms with Gasteiger partial charge >= 0.3 is 0 Å². The Morgan fingerprint density at radius 2 is 1.71 bits per heavy atom. The van der Waals surface area contributed by atoms with Crippen LogP contribution < -0.4 is 8.43 Å². The average molecular weight is 620 g/mol. The molecule has 0 saturated carbocycles. The Morgan fingerprint density at radius 1 is 1.00 bits per heavy atom. The number of hydrogen-bond donors (Lipinski definition) is 1. The molecule has 7 nitrogen and oxygen atoms in total. The van der Waals surface area contributed by atoms with E-state index in [1.165, 1.54) is 17.0 Å². The first-order valence-electron chi connectivity index (χ1n) is 12.0. The van der Waals surface area contributed by atoms with E-state index in [0.717, 1.165) is 16.8 Å². The lowest BCUT2D eigenvalue weighted by atomic mass is 9.78. The van der Waals surface area contributed by atoms with Gasteiger partial charge in [0.2, 0.25) is 5.91 Å². The SMILES string of the molecule is C=C1CC(=O)[C@](CN2Cc3ccc(F)cc3C2=O)(c2ccc(-c3ccc(N4C=CN=I4)cc3)cc2)NC1=O. The maximum Gasteiger partial charge on any atom is 0.254 e. The van der Waals surface area contributed by atoms with Crippen LogP contribution in [0.15, 0.2) is 94.4 Å². The van der Waals surface area contributed by atoms with Crippen LogP contribution in [0.1, 0.15) is 27.9 Å². The Morgan fingerprint density at radius 3 is 2.39 bits per heavy atom. The highest BCUT2D eigenvalue weighted by atomic mass is 127. The summed E-state index contributed by atoms with van der Waals surface area (Å²) in [6, 6.07) is 19.7. The van der Waals surface area contributed by atoms with Crippen LogP contribution in [0, 0.1) is 5.82 Å². The number of anilines is 1. The van der Waals surface area contributed by atoms with Gasteiger partial charge in [-0.2, -0.15) is 0 Å². The highest BCUT2D eigenvalue weighted by molar-refractivity contribution is 14.2. The van der Waals surface area contributed by atoms with Gasteiger partial charge in [0.1, 0.15) is 32.7 Å². The highest BCUT2D eigenvalue weighted by Crippen LogP contribution is 2.35. The van der Waals surface area contributed by atoms with Crippen LogP contribution in [0.3, 0.4) is 0 Å². The van der Waals surface area contributed by atoms with Crippen LogP contribution >= 0.6 is 21.3 Å². The van der Waals surface area contributed by atoms with Crippen LogP contribution in [-0.2, 0) is 21.7 Å². The topological polar surface area (TPSA) is 82.1 Å². The fraction of sp³-hybridized carbons (Fsp3) is 0.138. The maximum absolute atomic E-state index is 13.8. The van der Waals surface area contributed by atoms with E-state index in [0.29, 0.717) is 11.1 Å². The zero-order valence-electron chi connectivity index (χ0n) is 20.2. The number of fused-ring (bicyclic) bond motifs is 1. The van der Waals surface area contributed by atoms with Crippen molar-refractivity contribution in [1.82, 2.24) is 10.2 Å². The molecule has 0 unspecified atom stereocenters. The van der Waals surface area contributed by atoms with Crippen molar-refractivity contribution >= 4 is 44.6 Å². The van der Waals surface area contributed by atoms with Gasteiger partial charge in [-0.25, -0.2) is 7.54 Å². The van der Waals surface area contributed by atoms with E-state index in [9.17, 15) is 18.8 Å². The number of nitrogens with zero attached hydrogens (tertiary/aromatic N) is 3. The fourth-order valence-corrected chi connectivity index (χ4v) is 6.45. The van der Waals surface area contributed by atoms with Crippen molar-refractivity contribution in [3.63, 3.8) is 0 Å². The molecule has 0 bridgehead atoms. The molecule has 1 saturated heterocycles. The van der Waals surface area contributed by atoms with Crippen LogP contribution in [0.5, 0.6) is 0 Å². The van der Waals surface area contributed by atoms with E-state index in [2.05, 4.69) is 18.2 Å². The minimum atomic E-state index is -1.44. The lowest BCUT2D eigenvalue weighted by molar-refractivity contribution is -0.135. The Balaban J connectivity index is 1.31. The smallest absolute Gasteiger partial charge is 0.254 e. The molecule has 190 valence electrons. The predicted octanol–water partition coefficient (Wildman–Crippen LogP) is 5.35. The molecule has 1 N–H and O–H groups in total. The number of Topliss-reactive ketones (excluding diaryl/α,β-unsaturated/α-hetero) is 1. The Hall–Kier alpha value is -3.99. The Kier molecular flexibility index (Phi) is 6.02. The van der Waals surface area contributed by atoms with E-state index in [1.54, 1.807) is 6.07 Å². The van der Waals surface area contributed by atoms with Crippen LogP contribution in [0.4, 0.5) is 10.1 Å². The molecule has 0 aromatic heterocycles. The molecule has 3 aliphatic rings. The number of carbonyl (C=O) groups is 3. The van der Waals surface area contributed by atoms with Crippen molar-refractivity contribution in [2.45, 2.75) is 18.5 Å². The lowest BCUT2D eigenvalue weighted by Crippen LogP contribution is -2.61. The molecular formula is C29H22FIN4O3. The largest absolute Gasteiger partial charge is 0.334 e. The van der Waals surface area contributed by atoms with E-state index >= 15 is 0 Å². The molecule has 6 rings (SSSR count). The van der Waals surface area contributed by atoms with Crippen molar-refractivity contribution in [3.05, 3.63) is 114 Å². The number of amides is 2. The number of rotatable bonds is 5. The van der Waals surface area contributed by atoms with Gasteiger partial charge in [0.15, 0.2) is 5.78 Å². The molecule has 3 aromatic carbocycles. The second kappa shape index (κ2) is 9.39. The first-order valence-corrected chi connectivity index (χ1v) is 13.9. The Labute approximate surface area is 229 Å². The normalized spacial score (nSPS) is 20.6. The summed E-state index contributed by atoms with van der Waals surface area (Å²) in [4.78, 5) is 40.9. The van der Waals surface area contributed by atoms with Gasteiger partial charge in [-0.05, 0) is 46.5 Å². The van der Waals surface area contributed by atoms with Crippen LogP contribution in [-0.4, -0.2) is 29.0 Å². The van der Waals surface area contributed by atoms with Crippen molar-refractivity contribution in [1.29, 1.82) is 0 Å². The number of nitrogens with one attached hydrogen (secondary N) is 1. The fourth-order valence-electron chi connectivity index (χ4n) is 5.03.